The van der Waals surface area contributed by atoms with E-state index >= 15 is 0 Å². The maximum Gasteiger partial charge on any atom is 0.412 e. The summed E-state index contributed by atoms with van der Waals surface area (Å²) in [4.78, 5) is 3.64. The maximum atomic E-state index is 11.8. The summed E-state index contributed by atoms with van der Waals surface area (Å²) >= 11 is 0. The number of hydrogen-bond acceptors (Lipinski definition) is 1. The number of alkyl halides is 3. The highest BCUT2D eigenvalue weighted by molar-refractivity contribution is 5.73. The Bertz CT molecular complexity index is 178. The third kappa shape index (κ3) is 1.59. The molecular formula is C6H6F3N. The minimum atomic E-state index is -4.16. The van der Waals surface area contributed by atoms with Crippen LogP contribution in [0.1, 0.15) is 6.42 Å². The number of dihydropyridines is 1. The molecule has 0 saturated heterocycles. The molecule has 0 fully saturated rings. The van der Waals surface area contributed by atoms with Crippen molar-refractivity contribution < 1.29 is 13.2 Å². The van der Waals surface area contributed by atoms with E-state index in [0.29, 0.717) is 0 Å². The van der Waals surface area contributed by atoms with Crippen molar-refractivity contribution in [2.75, 3.05) is 6.54 Å². The van der Waals surface area contributed by atoms with Crippen LogP contribution < -0.4 is 0 Å². The predicted octanol–water partition coefficient (Wildman–Crippen LogP) is 1.95. The van der Waals surface area contributed by atoms with Crippen molar-refractivity contribution >= 4 is 6.21 Å². The fraction of sp³-hybridized carbons (Fsp3) is 0.500. The van der Waals surface area contributed by atoms with Crippen molar-refractivity contribution in [3.63, 3.8) is 0 Å². The number of nitrogens with zero attached hydrogens (tertiary/aromatic N) is 1. The molecule has 0 saturated carbocycles. The van der Waals surface area contributed by atoms with E-state index < -0.39 is 11.7 Å². The lowest BCUT2D eigenvalue weighted by molar-refractivity contribution is -0.0937. The molecule has 1 aliphatic rings. The van der Waals surface area contributed by atoms with Crippen molar-refractivity contribution in [1.29, 1.82) is 0 Å². The van der Waals surface area contributed by atoms with Crippen molar-refractivity contribution in [3.05, 3.63) is 11.6 Å². The van der Waals surface area contributed by atoms with Gasteiger partial charge in [-0.25, -0.2) is 0 Å². The largest absolute Gasteiger partial charge is 0.412 e. The number of rotatable bonds is 0. The summed E-state index contributed by atoms with van der Waals surface area (Å²) in [5.41, 5.74) is -0.484. The predicted molar refractivity (Wildman–Crippen MR) is 32.1 cm³/mol. The van der Waals surface area contributed by atoms with Crippen LogP contribution in [0.15, 0.2) is 16.6 Å². The van der Waals surface area contributed by atoms with E-state index in [4.69, 9.17) is 0 Å². The molecule has 0 spiro atoms. The summed E-state index contributed by atoms with van der Waals surface area (Å²) in [6.07, 6.45) is -1.93. The molecule has 4 heteroatoms. The molecule has 10 heavy (non-hydrogen) atoms. The van der Waals surface area contributed by atoms with Crippen molar-refractivity contribution in [2.45, 2.75) is 12.6 Å². The second-order valence-corrected chi connectivity index (χ2v) is 1.99. The molecule has 0 unspecified atom stereocenters. The van der Waals surface area contributed by atoms with Crippen LogP contribution in [0.4, 0.5) is 13.2 Å². The summed E-state index contributed by atoms with van der Waals surface area (Å²) in [5, 5.41) is 0. The van der Waals surface area contributed by atoms with E-state index in [1.807, 2.05) is 0 Å². The Morgan fingerprint density at radius 3 is 2.40 bits per heavy atom. The maximum absolute atomic E-state index is 11.8. The van der Waals surface area contributed by atoms with E-state index in [9.17, 15) is 13.2 Å². The van der Waals surface area contributed by atoms with Crippen molar-refractivity contribution in [2.24, 2.45) is 4.99 Å². The average Bonchev–Trinajstić information content (AvgIpc) is 1.88. The van der Waals surface area contributed by atoms with Gasteiger partial charge in [-0.1, -0.05) is 0 Å². The van der Waals surface area contributed by atoms with Gasteiger partial charge in [0.2, 0.25) is 0 Å². The lowest BCUT2D eigenvalue weighted by atomic mass is 10.1. The summed E-state index contributed by atoms with van der Waals surface area (Å²) in [6, 6.07) is 0. The Morgan fingerprint density at radius 2 is 2.10 bits per heavy atom. The molecule has 1 nitrogen and oxygen atoms in total. The first-order valence-corrected chi connectivity index (χ1v) is 2.87. The van der Waals surface area contributed by atoms with E-state index in [2.05, 4.69) is 4.99 Å². The Balaban J connectivity index is 2.72. The fourth-order valence-electron chi connectivity index (χ4n) is 0.722. The van der Waals surface area contributed by atoms with Gasteiger partial charge in [-0.2, -0.15) is 13.2 Å². The first-order valence-electron chi connectivity index (χ1n) is 2.87. The van der Waals surface area contributed by atoms with Gasteiger partial charge in [0.05, 0.1) is 0 Å². The van der Waals surface area contributed by atoms with Gasteiger partial charge in [-0.3, -0.25) is 4.99 Å². The molecule has 0 radical (unpaired) electrons. The topological polar surface area (TPSA) is 12.4 Å². The zero-order valence-electron chi connectivity index (χ0n) is 5.15. The van der Waals surface area contributed by atoms with Crippen molar-refractivity contribution in [3.8, 4) is 0 Å². The van der Waals surface area contributed by atoms with Crippen LogP contribution in [-0.2, 0) is 0 Å². The van der Waals surface area contributed by atoms with Crippen LogP contribution >= 0.6 is 0 Å². The number of hydrogen-bond donors (Lipinski definition) is 0. The van der Waals surface area contributed by atoms with Crippen LogP contribution in [0.3, 0.4) is 0 Å². The van der Waals surface area contributed by atoms with Crippen LogP contribution in [0.2, 0.25) is 0 Å². The Morgan fingerprint density at radius 1 is 1.40 bits per heavy atom. The Kier molecular flexibility index (Phi) is 1.78. The molecule has 1 aliphatic heterocycles. The summed E-state index contributed by atoms with van der Waals surface area (Å²) in [6.45, 7) is 0.255. The molecule has 0 aromatic rings. The van der Waals surface area contributed by atoms with Gasteiger partial charge in [-0.15, -0.1) is 0 Å². The molecule has 0 atom stereocenters. The highest BCUT2D eigenvalue weighted by atomic mass is 19.4. The highest BCUT2D eigenvalue weighted by Gasteiger charge is 2.32. The molecule has 0 aromatic carbocycles. The highest BCUT2D eigenvalue weighted by Crippen LogP contribution is 2.28. The third-order valence-corrected chi connectivity index (χ3v) is 1.26. The first kappa shape index (κ1) is 7.31. The molecule has 0 aliphatic carbocycles. The SMILES string of the molecule is FC(F)(F)C1=CC=NCC1. The molecule has 1 heterocycles. The van der Waals surface area contributed by atoms with Crippen LogP contribution in [-0.4, -0.2) is 18.9 Å². The second kappa shape index (κ2) is 2.44. The number of allylic oxidation sites excluding steroid dienone is 1. The third-order valence-electron chi connectivity index (χ3n) is 1.26. The van der Waals surface area contributed by atoms with Crippen LogP contribution in [0, 0.1) is 0 Å². The zero-order chi connectivity index (χ0) is 7.61. The summed E-state index contributed by atoms with van der Waals surface area (Å²) in [5.74, 6) is 0. The van der Waals surface area contributed by atoms with Crippen molar-refractivity contribution in [1.82, 2.24) is 0 Å². The quantitative estimate of drug-likeness (QED) is 0.499. The lowest BCUT2D eigenvalue weighted by Gasteiger charge is -2.11. The minimum absolute atomic E-state index is 0.0139. The molecule has 0 N–H and O–H groups in total. The van der Waals surface area contributed by atoms with E-state index in [1.165, 1.54) is 6.21 Å². The lowest BCUT2D eigenvalue weighted by Crippen LogP contribution is -2.14. The summed E-state index contributed by atoms with van der Waals surface area (Å²) < 4.78 is 35.4. The van der Waals surface area contributed by atoms with E-state index in [1.54, 1.807) is 0 Å². The number of aliphatic imine (C=N–C) groups is 1. The standard InChI is InChI=1S/C6H6F3N/c7-6(8,9)5-1-3-10-4-2-5/h1,3H,2,4H2. The smallest absolute Gasteiger partial charge is 0.293 e. The van der Waals surface area contributed by atoms with Crippen LogP contribution in [0.5, 0.6) is 0 Å². The Hall–Kier alpha value is -0.800. The number of halogens is 3. The molecule has 0 amide bonds. The molecular weight excluding hydrogens is 143 g/mol. The van der Waals surface area contributed by atoms with E-state index in [0.717, 1.165) is 6.08 Å². The zero-order valence-corrected chi connectivity index (χ0v) is 5.15. The van der Waals surface area contributed by atoms with Crippen LogP contribution in [0.25, 0.3) is 0 Å². The van der Waals surface area contributed by atoms with Gasteiger partial charge in [0.25, 0.3) is 0 Å². The second-order valence-electron chi connectivity index (χ2n) is 1.99. The average molecular weight is 149 g/mol. The minimum Gasteiger partial charge on any atom is -0.293 e. The van der Waals surface area contributed by atoms with Gasteiger partial charge in [0, 0.05) is 18.3 Å². The normalized spacial score (nSPS) is 18.9. The molecule has 0 bridgehead atoms. The molecule has 0 aromatic heterocycles. The van der Waals surface area contributed by atoms with Gasteiger partial charge >= 0.3 is 6.18 Å². The molecule has 1 rings (SSSR count). The van der Waals surface area contributed by atoms with Gasteiger partial charge in [0.1, 0.15) is 0 Å². The van der Waals surface area contributed by atoms with Gasteiger partial charge < -0.3 is 0 Å². The Labute approximate surface area is 56.3 Å². The molecule has 56 valence electrons. The fourth-order valence-corrected chi connectivity index (χ4v) is 0.722. The summed E-state index contributed by atoms with van der Waals surface area (Å²) in [7, 11) is 0. The first-order chi connectivity index (χ1) is 4.61. The monoisotopic (exact) mass is 149 g/mol. The van der Waals surface area contributed by atoms with Gasteiger partial charge in [-0.05, 0) is 12.5 Å². The van der Waals surface area contributed by atoms with E-state index in [-0.39, 0.29) is 13.0 Å². The van der Waals surface area contributed by atoms with Gasteiger partial charge in [0.15, 0.2) is 0 Å².